The minimum Gasteiger partial charge on any atom is -0.316 e. The number of benzene rings is 1. The molecule has 88 valence electrons. The van der Waals surface area contributed by atoms with E-state index in [4.69, 9.17) is 0 Å². The maximum atomic E-state index is 11.4. The summed E-state index contributed by atoms with van der Waals surface area (Å²) in [7, 11) is -0.875. The van der Waals surface area contributed by atoms with Crippen LogP contribution in [0.25, 0.3) is 0 Å². The van der Waals surface area contributed by atoms with Crippen LogP contribution in [-0.2, 0) is 16.4 Å². The molecule has 0 aromatic heterocycles. The summed E-state index contributed by atoms with van der Waals surface area (Å²) in [5.74, 6) is 0.853. The highest BCUT2D eigenvalue weighted by Gasteiger charge is 2.28. The summed E-state index contributed by atoms with van der Waals surface area (Å²) < 4.78 is 22.8. The quantitative estimate of drug-likeness (QED) is 0.865. The third kappa shape index (κ3) is 2.62. The van der Waals surface area contributed by atoms with E-state index in [9.17, 15) is 8.42 Å². The summed E-state index contributed by atoms with van der Waals surface area (Å²) in [6, 6.07) is 8.21. The topological polar surface area (TPSA) is 46.2 Å². The van der Waals surface area contributed by atoms with E-state index in [0.717, 1.165) is 18.5 Å². The molecule has 2 rings (SSSR count). The molecule has 0 radical (unpaired) electrons. The third-order valence-corrected chi connectivity index (χ3v) is 4.80. The Morgan fingerprint density at radius 1 is 1.44 bits per heavy atom. The summed E-state index contributed by atoms with van der Waals surface area (Å²) in [6.07, 6.45) is 0.769. The van der Waals surface area contributed by atoms with Crippen LogP contribution in [0.3, 0.4) is 0 Å². The molecule has 1 saturated heterocycles. The second-order valence-corrected chi connectivity index (χ2v) is 6.60. The SMILES string of the molecule is CNCc1cccc(C2CCS(=O)(=O)C2)c1. The first-order valence-corrected chi connectivity index (χ1v) is 7.37. The van der Waals surface area contributed by atoms with Gasteiger partial charge in [0.1, 0.15) is 0 Å². The van der Waals surface area contributed by atoms with E-state index in [2.05, 4.69) is 17.4 Å². The smallest absolute Gasteiger partial charge is 0.150 e. The fourth-order valence-electron chi connectivity index (χ4n) is 2.22. The van der Waals surface area contributed by atoms with E-state index in [1.165, 1.54) is 5.56 Å². The van der Waals surface area contributed by atoms with Crippen molar-refractivity contribution in [3.63, 3.8) is 0 Å². The molecule has 0 aliphatic carbocycles. The minimum atomic E-state index is -2.78. The van der Waals surface area contributed by atoms with E-state index < -0.39 is 9.84 Å². The van der Waals surface area contributed by atoms with Gasteiger partial charge in [0.2, 0.25) is 0 Å². The average molecular weight is 239 g/mol. The lowest BCUT2D eigenvalue weighted by Crippen LogP contribution is -2.07. The predicted octanol–water partition coefficient (Wildman–Crippen LogP) is 1.31. The molecular weight excluding hydrogens is 222 g/mol. The van der Waals surface area contributed by atoms with Gasteiger partial charge in [-0.15, -0.1) is 0 Å². The second kappa shape index (κ2) is 4.55. The highest BCUT2D eigenvalue weighted by Crippen LogP contribution is 2.29. The van der Waals surface area contributed by atoms with Gasteiger partial charge in [-0.1, -0.05) is 24.3 Å². The Balaban J connectivity index is 2.18. The van der Waals surface area contributed by atoms with Crippen molar-refractivity contribution in [2.45, 2.75) is 18.9 Å². The molecule has 1 atom stereocenters. The number of sulfone groups is 1. The lowest BCUT2D eigenvalue weighted by molar-refractivity contribution is 0.601. The van der Waals surface area contributed by atoms with Crippen LogP contribution in [0.5, 0.6) is 0 Å². The van der Waals surface area contributed by atoms with Crippen LogP contribution in [-0.4, -0.2) is 27.0 Å². The molecule has 1 N–H and O–H groups in total. The summed E-state index contributed by atoms with van der Waals surface area (Å²) in [4.78, 5) is 0. The molecule has 1 aromatic carbocycles. The Kier molecular flexibility index (Phi) is 3.30. The number of hydrogen-bond donors (Lipinski definition) is 1. The Morgan fingerprint density at radius 2 is 2.25 bits per heavy atom. The predicted molar refractivity (Wildman–Crippen MR) is 65.2 cm³/mol. The lowest BCUT2D eigenvalue weighted by atomic mass is 9.97. The van der Waals surface area contributed by atoms with Crippen LogP contribution in [0.4, 0.5) is 0 Å². The van der Waals surface area contributed by atoms with Gasteiger partial charge in [-0.2, -0.15) is 0 Å². The molecule has 1 heterocycles. The molecule has 1 aliphatic rings. The van der Waals surface area contributed by atoms with Gasteiger partial charge in [0.15, 0.2) is 9.84 Å². The highest BCUT2D eigenvalue weighted by molar-refractivity contribution is 7.91. The molecule has 0 saturated carbocycles. The van der Waals surface area contributed by atoms with Crippen molar-refractivity contribution in [1.82, 2.24) is 5.32 Å². The fraction of sp³-hybridized carbons (Fsp3) is 0.500. The van der Waals surface area contributed by atoms with Crippen molar-refractivity contribution in [3.8, 4) is 0 Å². The first-order valence-electron chi connectivity index (χ1n) is 5.54. The summed E-state index contributed by atoms with van der Waals surface area (Å²) >= 11 is 0. The van der Waals surface area contributed by atoms with Gasteiger partial charge in [-0.05, 0) is 30.5 Å². The Hall–Kier alpha value is -0.870. The second-order valence-electron chi connectivity index (χ2n) is 4.38. The van der Waals surface area contributed by atoms with Gasteiger partial charge in [0, 0.05) is 6.54 Å². The van der Waals surface area contributed by atoms with Gasteiger partial charge < -0.3 is 5.32 Å². The molecule has 0 bridgehead atoms. The van der Waals surface area contributed by atoms with E-state index >= 15 is 0 Å². The molecule has 0 spiro atoms. The zero-order valence-electron chi connectivity index (χ0n) is 9.44. The van der Waals surface area contributed by atoms with Gasteiger partial charge in [-0.3, -0.25) is 0 Å². The molecule has 1 fully saturated rings. The zero-order chi connectivity index (χ0) is 11.6. The van der Waals surface area contributed by atoms with Crippen molar-refractivity contribution in [2.24, 2.45) is 0 Å². The molecule has 3 nitrogen and oxygen atoms in total. The normalized spacial score (nSPS) is 23.4. The van der Waals surface area contributed by atoms with Gasteiger partial charge in [0.05, 0.1) is 11.5 Å². The van der Waals surface area contributed by atoms with Crippen LogP contribution in [0.2, 0.25) is 0 Å². The molecule has 1 aromatic rings. The maximum Gasteiger partial charge on any atom is 0.150 e. The number of rotatable bonds is 3. The van der Waals surface area contributed by atoms with Crippen molar-refractivity contribution in [2.75, 3.05) is 18.6 Å². The maximum absolute atomic E-state index is 11.4. The minimum absolute atomic E-state index is 0.196. The summed E-state index contributed by atoms with van der Waals surface area (Å²) in [5.41, 5.74) is 2.37. The van der Waals surface area contributed by atoms with E-state index in [-0.39, 0.29) is 5.92 Å². The van der Waals surface area contributed by atoms with Crippen molar-refractivity contribution in [3.05, 3.63) is 35.4 Å². The van der Waals surface area contributed by atoms with Crippen LogP contribution < -0.4 is 5.32 Å². The van der Waals surface area contributed by atoms with E-state index in [1.807, 2.05) is 19.2 Å². The van der Waals surface area contributed by atoms with Crippen molar-refractivity contribution in [1.29, 1.82) is 0 Å². The van der Waals surface area contributed by atoms with Gasteiger partial charge in [-0.25, -0.2) is 8.42 Å². The molecule has 4 heteroatoms. The molecule has 1 aliphatic heterocycles. The number of nitrogens with one attached hydrogen (secondary N) is 1. The van der Waals surface area contributed by atoms with E-state index in [1.54, 1.807) is 0 Å². The summed E-state index contributed by atoms with van der Waals surface area (Å²) in [6.45, 7) is 0.827. The van der Waals surface area contributed by atoms with Crippen LogP contribution in [0, 0.1) is 0 Å². The zero-order valence-corrected chi connectivity index (χ0v) is 10.3. The fourth-order valence-corrected chi connectivity index (χ4v) is 4.00. The first-order chi connectivity index (χ1) is 7.61. The molecular formula is C12H17NO2S. The van der Waals surface area contributed by atoms with E-state index in [0.29, 0.717) is 11.5 Å². The van der Waals surface area contributed by atoms with Crippen LogP contribution in [0.1, 0.15) is 23.5 Å². The third-order valence-electron chi connectivity index (χ3n) is 3.04. The molecule has 16 heavy (non-hydrogen) atoms. The Bertz CT molecular complexity index is 468. The highest BCUT2D eigenvalue weighted by atomic mass is 32.2. The number of hydrogen-bond acceptors (Lipinski definition) is 3. The van der Waals surface area contributed by atoms with Crippen LogP contribution >= 0.6 is 0 Å². The van der Waals surface area contributed by atoms with Crippen LogP contribution in [0.15, 0.2) is 24.3 Å². The Morgan fingerprint density at radius 3 is 2.88 bits per heavy atom. The largest absolute Gasteiger partial charge is 0.316 e. The van der Waals surface area contributed by atoms with Crippen molar-refractivity contribution >= 4 is 9.84 Å². The molecule has 0 amide bonds. The van der Waals surface area contributed by atoms with Gasteiger partial charge in [0.25, 0.3) is 0 Å². The Labute approximate surface area is 96.8 Å². The van der Waals surface area contributed by atoms with Crippen molar-refractivity contribution < 1.29 is 8.42 Å². The standard InChI is InChI=1S/C12H17NO2S/c1-13-8-10-3-2-4-11(7-10)12-5-6-16(14,15)9-12/h2-4,7,12-13H,5-6,8-9H2,1H3. The first kappa shape index (κ1) is 11.6. The summed E-state index contributed by atoms with van der Waals surface area (Å²) in [5, 5.41) is 3.10. The lowest BCUT2D eigenvalue weighted by Gasteiger charge is -2.09. The van der Waals surface area contributed by atoms with Gasteiger partial charge >= 0.3 is 0 Å². The monoisotopic (exact) mass is 239 g/mol. The average Bonchev–Trinajstić information content (AvgIpc) is 2.60. The molecule has 1 unspecified atom stereocenters.